The van der Waals surface area contributed by atoms with E-state index >= 15 is 0 Å². The van der Waals surface area contributed by atoms with Crippen molar-refractivity contribution in [3.05, 3.63) is 291 Å². The monoisotopic (exact) mass is 1020 g/mol. The Hall–Kier alpha value is -10.4. The van der Waals surface area contributed by atoms with Crippen molar-refractivity contribution in [1.29, 1.82) is 0 Å². The first-order valence-corrected chi connectivity index (χ1v) is 27.4. The standard InChI is InChI=1S/C72H48B2N4O2/c1-7-25-49(26-8-1)57-37-19-22-40-62(57)76(52-31-13-4-14-32-52)56-44-66-72-70(46-56)80-68-48-67-60(47-61(68)74(72)59-39-21-24-42-64(59)78(66)54-35-17-6-18-36-54)73-58-38-20-23-41-63(58)77(53-33-15-5-16-34-53)65-43-55(45-69(79-67)71(65)73)75(50-27-9-2-10-28-50)51-29-11-3-12-30-51/h1-48H. The minimum atomic E-state index is -0.172. The zero-order chi connectivity index (χ0) is 52.7. The van der Waals surface area contributed by atoms with Gasteiger partial charge in [-0.1, -0.05) is 182 Å². The van der Waals surface area contributed by atoms with Gasteiger partial charge in [0.2, 0.25) is 0 Å². The molecule has 12 aromatic carbocycles. The molecule has 16 rings (SSSR count). The third kappa shape index (κ3) is 7.30. The lowest BCUT2D eigenvalue weighted by Gasteiger charge is -2.43. The summed E-state index contributed by atoms with van der Waals surface area (Å²) in [5, 5.41) is 0. The largest absolute Gasteiger partial charge is 0.458 e. The number of para-hydroxylation sites is 8. The van der Waals surface area contributed by atoms with E-state index in [0.29, 0.717) is 0 Å². The second-order valence-corrected chi connectivity index (χ2v) is 20.8. The molecule has 0 bridgehead atoms. The number of anilines is 12. The molecule has 0 radical (unpaired) electrons. The van der Waals surface area contributed by atoms with Crippen molar-refractivity contribution in [2.24, 2.45) is 0 Å². The summed E-state index contributed by atoms with van der Waals surface area (Å²) in [4.78, 5) is 9.56. The summed E-state index contributed by atoms with van der Waals surface area (Å²) in [5.74, 6) is 3.15. The van der Waals surface area contributed by atoms with Crippen LogP contribution in [-0.4, -0.2) is 13.4 Å². The van der Waals surface area contributed by atoms with Crippen LogP contribution in [0.15, 0.2) is 291 Å². The van der Waals surface area contributed by atoms with Crippen molar-refractivity contribution in [2.75, 3.05) is 19.6 Å². The van der Waals surface area contributed by atoms with Gasteiger partial charge in [-0.15, -0.1) is 0 Å². The van der Waals surface area contributed by atoms with Gasteiger partial charge < -0.3 is 29.1 Å². The Bertz CT molecular complexity index is 4300. The molecule has 0 fully saturated rings. The number of fused-ring (bicyclic) bond motifs is 8. The highest BCUT2D eigenvalue weighted by Crippen LogP contribution is 2.50. The lowest BCUT2D eigenvalue weighted by Crippen LogP contribution is -2.63. The SMILES string of the molecule is c1ccc(-c2ccccc2N(c2ccccc2)c2cc3c4c(c2)N(c2ccccc2)c2ccccc2B4c2cc4c(cc2O3)Oc2cc(N(c3ccccc3)c3ccccc3)cc3c2B4c2ccccc2N3c2ccccc2)cc1. The van der Waals surface area contributed by atoms with Crippen LogP contribution < -0.4 is 61.9 Å². The van der Waals surface area contributed by atoms with Crippen LogP contribution in [0.4, 0.5) is 68.2 Å². The summed E-state index contributed by atoms with van der Waals surface area (Å²) in [6.07, 6.45) is 0. The zero-order valence-corrected chi connectivity index (χ0v) is 43.5. The van der Waals surface area contributed by atoms with Crippen molar-refractivity contribution >= 4 is 114 Å². The van der Waals surface area contributed by atoms with E-state index in [-0.39, 0.29) is 13.4 Å². The molecule has 374 valence electrons. The molecule has 12 aromatic rings. The van der Waals surface area contributed by atoms with Gasteiger partial charge in [0.25, 0.3) is 13.4 Å². The Morgan fingerprint density at radius 1 is 0.275 bits per heavy atom. The van der Waals surface area contributed by atoms with E-state index in [1.807, 2.05) is 0 Å². The second-order valence-electron chi connectivity index (χ2n) is 20.8. The fourth-order valence-corrected chi connectivity index (χ4v) is 13.0. The normalized spacial score (nSPS) is 12.8. The van der Waals surface area contributed by atoms with Crippen molar-refractivity contribution in [2.45, 2.75) is 0 Å². The van der Waals surface area contributed by atoms with E-state index in [0.717, 1.165) is 124 Å². The number of ether oxygens (including phenoxy) is 2. The summed E-state index contributed by atoms with van der Waals surface area (Å²) in [6.45, 7) is -0.331. The predicted octanol–water partition coefficient (Wildman–Crippen LogP) is 15.1. The minimum Gasteiger partial charge on any atom is -0.458 e. The van der Waals surface area contributed by atoms with Gasteiger partial charge in [0.15, 0.2) is 0 Å². The van der Waals surface area contributed by atoms with Gasteiger partial charge in [0, 0.05) is 74.9 Å². The minimum absolute atomic E-state index is 0.159. The fourth-order valence-electron chi connectivity index (χ4n) is 13.0. The van der Waals surface area contributed by atoms with E-state index in [2.05, 4.69) is 311 Å². The maximum absolute atomic E-state index is 7.53. The first-order chi connectivity index (χ1) is 39.7. The van der Waals surface area contributed by atoms with Gasteiger partial charge in [-0.05, 0) is 129 Å². The number of rotatable bonds is 9. The van der Waals surface area contributed by atoms with Gasteiger partial charge in [0.1, 0.15) is 23.0 Å². The molecule has 0 spiro atoms. The summed E-state index contributed by atoms with van der Waals surface area (Å²) in [5.41, 5.74) is 21.8. The first-order valence-electron chi connectivity index (χ1n) is 27.4. The van der Waals surface area contributed by atoms with Gasteiger partial charge in [-0.25, -0.2) is 0 Å². The van der Waals surface area contributed by atoms with Gasteiger partial charge in [-0.3, -0.25) is 0 Å². The van der Waals surface area contributed by atoms with Crippen LogP contribution in [0, 0.1) is 0 Å². The highest BCUT2D eigenvalue weighted by molar-refractivity contribution is 7.02. The van der Waals surface area contributed by atoms with Crippen LogP contribution in [0.3, 0.4) is 0 Å². The number of nitrogens with zero attached hydrogens (tertiary/aromatic N) is 4. The highest BCUT2D eigenvalue weighted by Gasteiger charge is 2.47. The Morgan fingerprint density at radius 3 is 1.15 bits per heavy atom. The number of hydrogen-bond donors (Lipinski definition) is 0. The predicted molar refractivity (Wildman–Crippen MR) is 333 cm³/mol. The number of benzene rings is 12. The Kier molecular flexibility index (Phi) is 10.7. The zero-order valence-electron chi connectivity index (χ0n) is 43.5. The molecule has 0 amide bonds. The van der Waals surface area contributed by atoms with Crippen LogP contribution in [-0.2, 0) is 0 Å². The lowest BCUT2D eigenvalue weighted by molar-refractivity contribution is 0.466. The molecule has 4 heterocycles. The summed E-state index contributed by atoms with van der Waals surface area (Å²) >= 11 is 0. The average Bonchev–Trinajstić information content (AvgIpc) is 3.63. The highest BCUT2D eigenvalue weighted by atomic mass is 16.5. The molecule has 0 aliphatic carbocycles. The van der Waals surface area contributed by atoms with E-state index in [9.17, 15) is 0 Å². The van der Waals surface area contributed by atoms with Crippen LogP contribution in [0.2, 0.25) is 0 Å². The van der Waals surface area contributed by atoms with E-state index in [4.69, 9.17) is 9.47 Å². The Balaban J connectivity index is 0.930. The van der Waals surface area contributed by atoms with Crippen molar-refractivity contribution in [3.8, 4) is 34.1 Å². The lowest BCUT2D eigenvalue weighted by atomic mass is 9.31. The molecule has 80 heavy (non-hydrogen) atoms. The van der Waals surface area contributed by atoms with Crippen molar-refractivity contribution in [1.82, 2.24) is 0 Å². The molecule has 0 atom stereocenters. The molecule has 0 aromatic heterocycles. The third-order valence-corrected chi connectivity index (χ3v) is 16.3. The maximum atomic E-state index is 7.53. The fraction of sp³-hybridized carbons (Fsp3) is 0. The van der Waals surface area contributed by atoms with Crippen LogP contribution in [0.5, 0.6) is 23.0 Å². The van der Waals surface area contributed by atoms with Crippen LogP contribution in [0.25, 0.3) is 11.1 Å². The molecular formula is C72H48B2N4O2. The maximum Gasteiger partial charge on any atom is 0.256 e. The molecule has 8 heteroatoms. The van der Waals surface area contributed by atoms with E-state index in [1.54, 1.807) is 0 Å². The molecular weight excluding hydrogens is 974 g/mol. The second kappa shape index (κ2) is 18.6. The quantitative estimate of drug-likeness (QED) is 0.134. The Labute approximate surface area is 466 Å². The topological polar surface area (TPSA) is 31.4 Å². The van der Waals surface area contributed by atoms with Crippen molar-refractivity contribution < 1.29 is 9.47 Å². The van der Waals surface area contributed by atoms with Crippen LogP contribution in [0.1, 0.15) is 0 Å². The summed E-state index contributed by atoms with van der Waals surface area (Å²) < 4.78 is 15.0. The number of hydrogen-bond acceptors (Lipinski definition) is 6. The summed E-state index contributed by atoms with van der Waals surface area (Å²) in [7, 11) is 0. The Morgan fingerprint density at radius 2 is 0.662 bits per heavy atom. The molecule has 4 aliphatic heterocycles. The molecule has 6 nitrogen and oxygen atoms in total. The van der Waals surface area contributed by atoms with Crippen molar-refractivity contribution in [3.63, 3.8) is 0 Å². The molecule has 0 saturated carbocycles. The van der Waals surface area contributed by atoms with Gasteiger partial charge in [-0.2, -0.15) is 0 Å². The summed E-state index contributed by atoms with van der Waals surface area (Å²) in [6, 6.07) is 104. The molecule has 0 N–H and O–H groups in total. The van der Waals surface area contributed by atoms with Gasteiger partial charge in [0.05, 0.1) is 17.1 Å². The smallest absolute Gasteiger partial charge is 0.256 e. The molecule has 4 aliphatic rings. The van der Waals surface area contributed by atoms with Crippen LogP contribution >= 0.6 is 0 Å². The molecule has 0 unspecified atom stereocenters. The van der Waals surface area contributed by atoms with E-state index < -0.39 is 0 Å². The first kappa shape index (κ1) is 45.7. The van der Waals surface area contributed by atoms with E-state index in [1.165, 1.54) is 10.9 Å². The average molecular weight is 1020 g/mol. The van der Waals surface area contributed by atoms with Gasteiger partial charge >= 0.3 is 0 Å². The molecule has 0 saturated heterocycles. The third-order valence-electron chi connectivity index (χ3n) is 16.3.